The van der Waals surface area contributed by atoms with Crippen molar-refractivity contribution in [2.45, 2.75) is 13.0 Å². The highest BCUT2D eigenvalue weighted by atomic mass is 16.4. The number of carbonyl (C=O) groups is 3. The lowest BCUT2D eigenvalue weighted by atomic mass is 10.1. The number of aromatic hydroxyl groups is 1. The molecule has 2 rings (SSSR count). The molecule has 0 aliphatic carbocycles. The molecule has 1 atom stereocenters. The fourth-order valence-corrected chi connectivity index (χ4v) is 2.11. The summed E-state index contributed by atoms with van der Waals surface area (Å²) in [5.74, 6) is -2.24. The highest BCUT2D eigenvalue weighted by molar-refractivity contribution is 6.06. The maximum absolute atomic E-state index is 12.1. The van der Waals surface area contributed by atoms with Gasteiger partial charge in [-0.2, -0.15) is 0 Å². The van der Waals surface area contributed by atoms with Crippen LogP contribution in [0.1, 0.15) is 6.92 Å². The third kappa shape index (κ3) is 2.56. The highest BCUT2D eigenvalue weighted by Crippen LogP contribution is 2.23. The summed E-state index contributed by atoms with van der Waals surface area (Å²) < 4.78 is 0. The van der Waals surface area contributed by atoms with Gasteiger partial charge in [-0.05, 0) is 31.2 Å². The molecule has 1 aliphatic heterocycles. The Kier molecular flexibility index (Phi) is 3.60. The number of aliphatic carboxylic acids is 1. The van der Waals surface area contributed by atoms with Crippen molar-refractivity contribution in [2.24, 2.45) is 0 Å². The highest BCUT2D eigenvalue weighted by Gasteiger charge is 2.38. The van der Waals surface area contributed by atoms with Crippen molar-refractivity contribution in [3.63, 3.8) is 0 Å². The number of benzene rings is 1. The van der Waals surface area contributed by atoms with Gasteiger partial charge in [0, 0.05) is 5.69 Å². The largest absolute Gasteiger partial charge is 0.508 e. The summed E-state index contributed by atoms with van der Waals surface area (Å²) in [6, 6.07) is 5.47. The average molecular weight is 278 g/mol. The van der Waals surface area contributed by atoms with Gasteiger partial charge in [0.15, 0.2) is 0 Å². The number of phenolic OH excluding ortho intramolecular Hbond substituents is 1. The predicted octanol–water partition coefficient (Wildman–Crippen LogP) is 0.0405. The first-order chi connectivity index (χ1) is 9.40. The minimum atomic E-state index is -1.23. The van der Waals surface area contributed by atoms with E-state index in [2.05, 4.69) is 0 Å². The van der Waals surface area contributed by atoms with Gasteiger partial charge in [-0.1, -0.05) is 0 Å². The van der Waals surface area contributed by atoms with Crippen LogP contribution >= 0.6 is 0 Å². The lowest BCUT2D eigenvalue weighted by Gasteiger charge is -2.38. The second kappa shape index (κ2) is 5.20. The van der Waals surface area contributed by atoms with Crippen molar-refractivity contribution in [1.29, 1.82) is 0 Å². The molecule has 1 unspecified atom stereocenters. The molecule has 7 heteroatoms. The molecule has 1 aromatic carbocycles. The van der Waals surface area contributed by atoms with Crippen LogP contribution in [0.15, 0.2) is 24.3 Å². The van der Waals surface area contributed by atoms with E-state index in [0.717, 1.165) is 4.90 Å². The van der Waals surface area contributed by atoms with Crippen LogP contribution in [0, 0.1) is 0 Å². The summed E-state index contributed by atoms with van der Waals surface area (Å²) in [4.78, 5) is 37.0. The molecule has 106 valence electrons. The third-order valence-corrected chi connectivity index (χ3v) is 3.17. The van der Waals surface area contributed by atoms with Crippen molar-refractivity contribution in [2.75, 3.05) is 18.0 Å². The summed E-state index contributed by atoms with van der Waals surface area (Å²) >= 11 is 0. The first-order valence-electron chi connectivity index (χ1n) is 6.02. The van der Waals surface area contributed by atoms with Crippen molar-refractivity contribution >= 4 is 23.5 Å². The van der Waals surface area contributed by atoms with E-state index in [1.54, 1.807) is 24.0 Å². The van der Waals surface area contributed by atoms with Gasteiger partial charge in [-0.3, -0.25) is 19.3 Å². The van der Waals surface area contributed by atoms with Crippen LogP contribution in [-0.4, -0.2) is 52.0 Å². The first-order valence-corrected chi connectivity index (χ1v) is 6.02. The number of phenols is 1. The molecule has 1 saturated heterocycles. The quantitative estimate of drug-likeness (QED) is 0.758. The number of piperazine rings is 1. The number of carboxylic acids is 1. The molecule has 0 radical (unpaired) electrons. The minimum Gasteiger partial charge on any atom is -0.508 e. The van der Waals surface area contributed by atoms with E-state index in [0.29, 0.717) is 5.69 Å². The number of hydrogen-bond donors (Lipinski definition) is 2. The lowest BCUT2D eigenvalue weighted by molar-refractivity contribution is -0.154. The zero-order chi connectivity index (χ0) is 14.9. The Balaban J connectivity index is 2.23. The van der Waals surface area contributed by atoms with E-state index < -0.39 is 30.4 Å². The van der Waals surface area contributed by atoms with Crippen molar-refractivity contribution < 1.29 is 24.6 Å². The molecule has 0 bridgehead atoms. The average Bonchev–Trinajstić information content (AvgIpc) is 2.40. The number of rotatable bonds is 3. The molecule has 0 aromatic heterocycles. The molecular formula is C13H14N2O5. The molecule has 0 spiro atoms. The molecule has 1 heterocycles. The summed E-state index contributed by atoms with van der Waals surface area (Å²) in [7, 11) is 0. The zero-order valence-electron chi connectivity index (χ0n) is 10.8. The second-order valence-corrected chi connectivity index (χ2v) is 4.53. The minimum absolute atomic E-state index is 0.0784. The molecule has 0 saturated carbocycles. The molecule has 1 aliphatic rings. The maximum Gasteiger partial charge on any atom is 0.323 e. The smallest absolute Gasteiger partial charge is 0.323 e. The molecule has 20 heavy (non-hydrogen) atoms. The summed E-state index contributed by atoms with van der Waals surface area (Å²) in [5, 5.41) is 18.0. The summed E-state index contributed by atoms with van der Waals surface area (Å²) in [5.41, 5.74) is 0.618. The van der Waals surface area contributed by atoms with E-state index in [-0.39, 0.29) is 12.3 Å². The van der Waals surface area contributed by atoms with Gasteiger partial charge < -0.3 is 15.1 Å². The van der Waals surface area contributed by atoms with Gasteiger partial charge in [-0.25, -0.2) is 0 Å². The number of amides is 2. The van der Waals surface area contributed by atoms with Gasteiger partial charge in [0.1, 0.15) is 18.3 Å². The molecule has 2 amide bonds. The Labute approximate surface area is 115 Å². The van der Waals surface area contributed by atoms with E-state index in [9.17, 15) is 19.5 Å². The molecule has 2 N–H and O–H groups in total. The van der Waals surface area contributed by atoms with Gasteiger partial charge >= 0.3 is 5.97 Å². The SMILES string of the molecule is CC1C(=O)N(CC(=O)O)C(=O)CN1c1ccc(O)cc1. The van der Waals surface area contributed by atoms with Crippen molar-refractivity contribution in [3.05, 3.63) is 24.3 Å². The lowest BCUT2D eigenvalue weighted by Crippen LogP contribution is -2.60. The van der Waals surface area contributed by atoms with Crippen molar-refractivity contribution in [3.8, 4) is 5.75 Å². The standard InChI is InChI=1S/C13H14N2O5/c1-8-13(20)15(7-12(18)19)11(17)6-14(8)9-2-4-10(16)5-3-9/h2-5,8,16H,6-7H2,1H3,(H,18,19). The number of carboxylic acid groups (broad SMARTS) is 1. The summed E-state index contributed by atoms with van der Waals surface area (Å²) in [6.45, 7) is 0.910. The molecule has 7 nitrogen and oxygen atoms in total. The first kappa shape index (κ1) is 13.9. The van der Waals surface area contributed by atoms with Crippen LogP contribution in [0.5, 0.6) is 5.75 Å². The third-order valence-electron chi connectivity index (χ3n) is 3.17. The fraction of sp³-hybridized carbons (Fsp3) is 0.308. The Bertz CT molecular complexity index is 554. The van der Waals surface area contributed by atoms with Gasteiger partial charge in [0.2, 0.25) is 5.91 Å². The molecule has 1 aromatic rings. The van der Waals surface area contributed by atoms with Crippen LogP contribution in [0.25, 0.3) is 0 Å². The van der Waals surface area contributed by atoms with Crippen molar-refractivity contribution in [1.82, 2.24) is 4.90 Å². The van der Waals surface area contributed by atoms with Crippen LogP contribution in [0.2, 0.25) is 0 Å². The predicted molar refractivity (Wildman–Crippen MR) is 69.3 cm³/mol. The summed E-state index contributed by atoms with van der Waals surface area (Å²) in [6.07, 6.45) is 0. The van der Waals surface area contributed by atoms with Crippen LogP contribution < -0.4 is 4.90 Å². The van der Waals surface area contributed by atoms with E-state index >= 15 is 0 Å². The molecule has 1 fully saturated rings. The second-order valence-electron chi connectivity index (χ2n) is 4.53. The van der Waals surface area contributed by atoms with Crippen LogP contribution in [0.4, 0.5) is 5.69 Å². The van der Waals surface area contributed by atoms with E-state index in [1.165, 1.54) is 12.1 Å². The number of hydrogen-bond acceptors (Lipinski definition) is 5. The fourth-order valence-electron chi connectivity index (χ4n) is 2.11. The Morgan fingerprint density at radius 1 is 1.30 bits per heavy atom. The van der Waals surface area contributed by atoms with E-state index in [4.69, 9.17) is 5.11 Å². The van der Waals surface area contributed by atoms with Crippen LogP contribution in [-0.2, 0) is 14.4 Å². The van der Waals surface area contributed by atoms with E-state index in [1.807, 2.05) is 0 Å². The van der Waals surface area contributed by atoms with Gasteiger partial charge in [0.25, 0.3) is 5.91 Å². The van der Waals surface area contributed by atoms with Gasteiger partial charge in [-0.15, -0.1) is 0 Å². The molecular weight excluding hydrogens is 264 g/mol. The maximum atomic E-state index is 12.1. The Morgan fingerprint density at radius 3 is 2.45 bits per heavy atom. The number of imide groups is 1. The number of anilines is 1. The topological polar surface area (TPSA) is 98.2 Å². The van der Waals surface area contributed by atoms with Crippen LogP contribution in [0.3, 0.4) is 0 Å². The Hall–Kier alpha value is -2.57. The zero-order valence-corrected chi connectivity index (χ0v) is 10.8. The normalized spacial score (nSPS) is 19.4. The Morgan fingerprint density at radius 2 is 1.90 bits per heavy atom. The van der Waals surface area contributed by atoms with Gasteiger partial charge in [0.05, 0.1) is 6.54 Å². The monoisotopic (exact) mass is 278 g/mol. The number of carbonyl (C=O) groups excluding carboxylic acids is 2. The number of nitrogens with zero attached hydrogens (tertiary/aromatic N) is 2.